The molecule has 1 aromatic heterocycles. The van der Waals surface area contributed by atoms with E-state index in [0.717, 1.165) is 23.0 Å². The van der Waals surface area contributed by atoms with E-state index in [1.54, 1.807) is 6.20 Å². The van der Waals surface area contributed by atoms with Crippen molar-refractivity contribution in [2.45, 2.75) is 32.2 Å². The molecule has 0 saturated carbocycles. The van der Waals surface area contributed by atoms with E-state index >= 15 is 0 Å². The Labute approximate surface area is 119 Å². The van der Waals surface area contributed by atoms with Crippen LogP contribution in [0, 0.1) is 11.3 Å². The van der Waals surface area contributed by atoms with Crippen molar-refractivity contribution in [3.63, 3.8) is 0 Å². The zero-order chi connectivity index (χ0) is 14.6. The van der Waals surface area contributed by atoms with Crippen molar-refractivity contribution in [1.29, 1.82) is 5.26 Å². The molecule has 0 aliphatic heterocycles. The first-order valence-corrected chi connectivity index (χ1v) is 6.80. The number of nitriles is 1. The van der Waals surface area contributed by atoms with Gasteiger partial charge in [-0.2, -0.15) is 5.26 Å². The largest absolute Gasteiger partial charge is 0.396 e. The van der Waals surface area contributed by atoms with Crippen LogP contribution in [0.25, 0.3) is 10.9 Å². The molecule has 0 amide bonds. The van der Waals surface area contributed by atoms with Crippen molar-refractivity contribution in [2.75, 3.05) is 11.9 Å². The Morgan fingerprint density at radius 1 is 1.40 bits per heavy atom. The topological polar surface area (TPSA) is 68.9 Å². The quantitative estimate of drug-likeness (QED) is 0.875. The van der Waals surface area contributed by atoms with Gasteiger partial charge in [0.15, 0.2) is 0 Å². The van der Waals surface area contributed by atoms with E-state index < -0.39 is 0 Å². The standard InChI is InChI=1S/C16H19N3O/c1-3-16(2,8-9-20)19-15-12(10-17)11-18-14-7-5-4-6-13(14)15/h4-7,11,20H,3,8-9H2,1-2H3,(H,18,19). The van der Waals surface area contributed by atoms with Gasteiger partial charge in [-0.15, -0.1) is 0 Å². The third-order valence-corrected chi connectivity index (χ3v) is 3.77. The molecule has 0 spiro atoms. The highest BCUT2D eigenvalue weighted by Gasteiger charge is 2.23. The number of benzene rings is 1. The highest BCUT2D eigenvalue weighted by atomic mass is 16.3. The molecule has 1 aromatic carbocycles. The Kier molecular flexibility index (Phi) is 4.21. The minimum Gasteiger partial charge on any atom is -0.396 e. The second kappa shape index (κ2) is 5.89. The zero-order valence-electron chi connectivity index (χ0n) is 11.8. The number of nitrogens with one attached hydrogen (secondary N) is 1. The van der Waals surface area contributed by atoms with Crippen LogP contribution in [0.5, 0.6) is 0 Å². The summed E-state index contributed by atoms with van der Waals surface area (Å²) in [6.45, 7) is 4.24. The second-order valence-electron chi connectivity index (χ2n) is 5.19. The summed E-state index contributed by atoms with van der Waals surface area (Å²) in [5.74, 6) is 0. The molecule has 0 saturated heterocycles. The fourth-order valence-corrected chi connectivity index (χ4v) is 2.24. The summed E-state index contributed by atoms with van der Waals surface area (Å²) in [5.41, 5.74) is 1.94. The molecule has 1 unspecified atom stereocenters. The molecule has 0 fully saturated rings. The van der Waals surface area contributed by atoms with E-state index in [4.69, 9.17) is 0 Å². The lowest BCUT2D eigenvalue weighted by Crippen LogP contribution is -2.35. The second-order valence-corrected chi connectivity index (χ2v) is 5.19. The van der Waals surface area contributed by atoms with Crippen molar-refractivity contribution < 1.29 is 5.11 Å². The molecule has 4 heteroatoms. The maximum atomic E-state index is 9.30. The number of hydrogen-bond donors (Lipinski definition) is 2. The van der Waals surface area contributed by atoms with Crippen molar-refractivity contribution in [2.24, 2.45) is 0 Å². The third kappa shape index (κ3) is 2.73. The predicted molar refractivity (Wildman–Crippen MR) is 80.5 cm³/mol. The molecule has 0 aliphatic carbocycles. The molecule has 2 aromatic rings. The number of aliphatic hydroxyl groups is 1. The molecule has 104 valence electrons. The van der Waals surface area contributed by atoms with Crippen LogP contribution in [-0.4, -0.2) is 22.2 Å². The lowest BCUT2D eigenvalue weighted by Gasteiger charge is -2.31. The monoisotopic (exact) mass is 269 g/mol. The van der Waals surface area contributed by atoms with Gasteiger partial charge in [0.1, 0.15) is 6.07 Å². The highest BCUT2D eigenvalue weighted by Crippen LogP contribution is 2.30. The summed E-state index contributed by atoms with van der Waals surface area (Å²) >= 11 is 0. The number of aliphatic hydroxyl groups excluding tert-OH is 1. The molecule has 0 radical (unpaired) electrons. The number of aromatic nitrogens is 1. The maximum absolute atomic E-state index is 9.30. The molecule has 2 rings (SSSR count). The van der Waals surface area contributed by atoms with Crippen LogP contribution in [0.2, 0.25) is 0 Å². The summed E-state index contributed by atoms with van der Waals surface area (Å²) < 4.78 is 0. The van der Waals surface area contributed by atoms with E-state index in [2.05, 4.69) is 30.2 Å². The van der Waals surface area contributed by atoms with Crippen LogP contribution in [0.1, 0.15) is 32.3 Å². The van der Waals surface area contributed by atoms with Gasteiger partial charge in [-0.05, 0) is 25.8 Å². The first-order valence-electron chi connectivity index (χ1n) is 6.80. The number of hydrogen-bond acceptors (Lipinski definition) is 4. The molecule has 2 N–H and O–H groups in total. The fourth-order valence-electron chi connectivity index (χ4n) is 2.24. The lowest BCUT2D eigenvalue weighted by atomic mass is 9.93. The average molecular weight is 269 g/mol. The Hall–Kier alpha value is -2.12. The first kappa shape index (κ1) is 14.3. The fraction of sp³-hybridized carbons (Fsp3) is 0.375. The molecule has 20 heavy (non-hydrogen) atoms. The number of rotatable bonds is 5. The SMILES string of the molecule is CCC(C)(CCO)Nc1c(C#N)cnc2ccccc12. The van der Waals surface area contributed by atoms with Crippen molar-refractivity contribution in [1.82, 2.24) is 4.98 Å². The van der Waals surface area contributed by atoms with Crippen LogP contribution < -0.4 is 5.32 Å². The Balaban J connectivity index is 2.54. The smallest absolute Gasteiger partial charge is 0.103 e. The normalized spacial score (nSPS) is 13.7. The van der Waals surface area contributed by atoms with Crippen LogP contribution in [0.4, 0.5) is 5.69 Å². The van der Waals surface area contributed by atoms with Gasteiger partial charge in [0.2, 0.25) is 0 Å². The number of nitrogens with zero attached hydrogens (tertiary/aromatic N) is 2. The van der Waals surface area contributed by atoms with Gasteiger partial charge in [0, 0.05) is 23.7 Å². The number of pyridine rings is 1. The Morgan fingerprint density at radius 3 is 2.80 bits per heavy atom. The van der Waals surface area contributed by atoms with Gasteiger partial charge in [0.05, 0.1) is 16.8 Å². The Bertz CT molecular complexity index is 648. The van der Waals surface area contributed by atoms with Gasteiger partial charge < -0.3 is 10.4 Å². The molecular formula is C16H19N3O. The summed E-state index contributed by atoms with van der Waals surface area (Å²) in [6.07, 6.45) is 3.08. The van der Waals surface area contributed by atoms with E-state index in [1.807, 2.05) is 24.3 Å². The van der Waals surface area contributed by atoms with Crippen molar-refractivity contribution >= 4 is 16.6 Å². The lowest BCUT2D eigenvalue weighted by molar-refractivity contribution is 0.252. The van der Waals surface area contributed by atoms with Crippen LogP contribution >= 0.6 is 0 Å². The van der Waals surface area contributed by atoms with Crippen molar-refractivity contribution in [3.05, 3.63) is 36.0 Å². The van der Waals surface area contributed by atoms with Crippen molar-refractivity contribution in [3.8, 4) is 6.07 Å². The molecule has 0 bridgehead atoms. The van der Waals surface area contributed by atoms with Crippen LogP contribution in [0.3, 0.4) is 0 Å². The number of fused-ring (bicyclic) bond motifs is 1. The Morgan fingerprint density at radius 2 is 2.15 bits per heavy atom. The first-order chi connectivity index (χ1) is 9.63. The minimum atomic E-state index is -0.246. The summed E-state index contributed by atoms with van der Waals surface area (Å²) in [4.78, 5) is 4.30. The van der Waals surface area contributed by atoms with Gasteiger partial charge in [0.25, 0.3) is 0 Å². The summed E-state index contributed by atoms with van der Waals surface area (Å²) in [7, 11) is 0. The minimum absolute atomic E-state index is 0.113. The van der Waals surface area contributed by atoms with E-state index in [1.165, 1.54) is 0 Å². The molecule has 1 atom stereocenters. The zero-order valence-corrected chi connectivity index (χ0v) is 11.8. The maximum Gasteiger partial charge on any atom is 0.103 e. The molecule has 0 aliphatic rings. The highest BCUT2D eigenvalue weighted by molar-refractivity contribution is 5.94. The van der Waals surface area contributed by atoms with E-state index in [0.29, 0.717) is 12.0 Å². The van der Waals surface area contributed by atoms with E-state index in [9.17, 15) is 10.4 Å². The molecule has 1 heterocycles. The predicted octanol–water partition coefficient (Wildman–Crippen LogP) is 3.07. The van der Waals surface area contributed by atoms with Gasteiger partial charge in [-0.3, -0.25) is 4.98 Å². The van der Waals surface area contributed by atoms with E-state index in [-0.39, 0.29) is 12.1 Å². The van der Waals surface area contributed by atoms with Gasteiger partial charge in [-0.25, -0.2) is 0 Å². The third-order valence-electron chi connectivity index (χ3n) is 3.77. The van der Waals surface area contributed by atoms with Crippen LogP contribution in [0.15, 0.2) is 30.5 Å². The average Bonchev–Trinajstić information content (AvgIpc) is 2.48. The molecular weight excluding hydrogens is 250 g/mol. The summed E-state index contributed by atoms with van der Waals surface area (Å²) in [5, 5.41) is 22.9. The summed E-state index contributed by atoms with van der Waals surface area (Å²) in [6, 6.07) is 9.94. The van der Waals surface area contributed by atoms with Gasteiger partial charge >= 0.3 is 0 Å². The number of anilines is 1. The number of para-hydroxylation sites is 1. The van der Waals surface area contributed by atoms with Crippen LogP contribution in [-0.2, 0) is 0 Å². The van der Waals surface area contributed by atoms with Gasteiger partial charge in [-0.1, -0.05) is 25.1 Å². The molecule has 4 nitrogen and oxygen atoms in total.